The van der Waals surface area contributed by atoms with Gasteiger partial charge in [-0.1, -0.05) is 0 Å². The summed E-state index contributed by atoms with van der Waals surface area (Å²) in [5.41, 5.74) is 0. The van der Waals surface area contributed by atoms with Gasteiger partial charge in [-0.05, 0) is 6.92 Å². The number of nitrogens with zero attached hydrogens (tertiary/aromatic N) is 1. The minimum absolute atomic E-state index is 0.313. The number of rotatable bonds is 3. The van der Waals surface area contributed by atoms with Crippen molar-refractivity contribution >= 4 is 5.97 Å². The molecule has 0 unspecified atom stereocenters. The molecular weight excluding hydrogens is 160 g/mol. The van der Waals surface area contributed by atoms with Gasteiger partial charge in [-0.2, -0.15) is 0 Å². The largest absolute Gasteiger partial charge is 0.474 e. The van der Waals surface area contributed by atoms with Crippen LogP contribution in [-0.2, 0) is 4.79 Å². The molecule has 1 heterocycles. The quantitative estimate of drug-likeness (QED) is 0.679. The fraction of sp³-hybridized carbons (Fsp3) is 0.429. The van der Waals surface area contributed by atoms with Gasteiger partial charge in [0.15, 0.2) is 0 Å². The van der Waals surface area contributed by atoms with Crippen LogP contribution in [0.2, 0.25) is 0 Å². The summed E-state index contributed by atoms with van der Waals surface area (Å²) >= 11 is 0. The number of carbonyl (C=O) groups excluding carboxylic acids is 1. The van der Waals surface area contributed by atoms with E-state index in [-0.39, 0.29) is 0 Å². The van der Waals surface area contributed by atoms with E-state index in [1.807, 2.05) is 6.92 Å². The van der Waals surface area contributed by atoms with Crippen molar-refractivity contribution in [3.8, 4) is 11.6 Å². The van der Waals surface area contributed by atoms with Crippen molar-refractivity contribution in [2.45, 2.75) is 13.8 Å². The molecule has 0 radical (unpaired) electrons. The first-order valence-electron chi connectivity index (χ1n) is 3.59. The Morgan fingerprint density at radius 2 is 2.50 bits per heavy atom. The molecule has 5 nitrogen and oxygen atoms in total. The Hall–Kier alpha value is -1.52. The van der Waals surface area contributed by atoms with Crippen molar-refractivity contribution in [2.75, 3.05) is 6.61 Å². The highest BCUT2D eigenvalue weighted by Gasteiger charge is 2.08. The van der Waals surface area contributed by atoms with Crippen molar-refractivity contribution in [1.82, 2.24) is 10.2 Å². The van der Waals surface area contributed by atoms with Crippen LogP contribution in [0.4, 0.5) is 0 Å². The Bertz CT molecular complexity index is 269. The Morgan fingerprint density at radius 3 is 3.08 bits per heavy atom. The lowest BCUT2D eigenvalue weighted by Crippen LogP contribution is -2.02. The fourth-order valence-electron chi connectivity index (χ4n) is 0.734. The standard InChI is InChI=1S/C7H10N2O3/c1-3-11-7-6(4-8-9-7)12-5(2)10/h4H,3H2,1-2H3,(H,8,9). The van der Waals surface area contributed by atoms with Crippen LogP contribution in [0.3, 0.4) is 0 Å². The molecule has 1 rings (SSSR count). The van der Waals surface area contributed by atoms with E-state index in [4.69, 9.17) is 9.47 Å². The minimum Gasteiger partial charge on any atom is -0.474 e. The number of nitrogens with one attached hydrogen (secondary N) is 1. The lowest BCUT2D eigenvalue weighted by Gasteiger charge is -2.00. The van der Waals surface area contributed by atoms with E-state index in [0.29, 0.717) is 18.2 Å². The summed E-state index contributed by atoms with van der Waals surface area (Å²) in [6.07, 6.45) is 1.46. The maximum absolute atomic E-state index is 10.5. The van der Waals surface area contributed by atoms with Crippen LogP contribution >= 0.6 is 0 Å². The maximum atomic E-state index is 10.5. The van der Waals surface area contributed by atoms with E-state index in [2.05, 4.69) is 10.2 Å². The summed E-state index contributed by atoms with van der Waals surface area (Å²) in [5, 5.41) is 6.27. The van der Waals surface area contributed by atoms with E-state index < -0.39 is 5.97 Å². The Kier molecular flexibility index (Phi) is 2.68. The average molecular weight is 170 g/mol. The first kappa shape index (κ1) is 8.58. The Labute approximate surface area is 69.7 Å². The fourth-order valence-corrected chi connectivity index (χ4v) is 0.734. The number of ether oxygens (including phenoxy) is 2. The van der Waals surface area contributed by atoms with Crippen LogP contribution in [0, 0.1) is 0 Å². The second-order valence-electron chi connectivity index (χ2n) is 2.08. The van der Waals surface area contributed by atoms with Crippen LogP contribution < -0.4 is 9.47 Å². The van der Waals surface area contributed by atoms with Gasteiger partial charge in [-0.25, -0.2) is 0 Å². The molecule has 0 aliphatic carbocycles. The Morgan fingerprint density at radius 1 is 1.75 bits per heavy atom. The van der Waals surface area contributed by atoms with Crippen LogP contribution in [0.25, 0.3) is 0 Å². The highest BCUT2D eigenvalue weighted by Crippen LogP contribution is 2.22. The first-order chi connectivity index (χ1) is 5.74. The molecule has 0 atom stereocenters. The third-order valence-electron chi connectivity index (χ3n) is 1.11. The van der Waals surface area contributed by atoms with Gasteiger partial charge < -0.3 is 9.47 Å². The van der Waals surface area contributed by atoms with Gasteiger partial charge in [0.05, 0.1) is 12.8 Å². The summed E-state index contributed by atoms with van der Waals surface area (Å²) in [7, 11) is 0. The zero-order chi connectivity index (χ0) is 8.97. The first-order valence-corrected chi connectivity index (χ1v) is 3.59. The van der Waals surface area contributed by atoms with Crippen LogP contribution in [0.15, 0.2) is 6.20 Å². The van der Waals surface area contributed by atoms with Gasteiger partial charge in [0, 0.05) is 6.92 Å². The summed E-state index contributed by atoms with van der Waals surface area (Å²) in [6, 6.07) is 0. The molecule has 0 amide bonds. The van der Waals surface area contributed by atoms with Crippen molar-refractivity contribution in [3.05, 3.63) is 6.20 Å². The highest BCUT2D eigenvalue weighted by atomic mass is 16.6. The number of esters is 1. The number of aromatic nitrogens is 2. The molecule has 0 fully saturated rings. The lowest BCUT2D eigenvalue weighted by atomic mass is 10.6. The molecule has 1 aromatic rings. The van der Waals surface area contributed by atoms with Crippen molar-refractivity contribution in [2.24, 2.45) is 0 Å². The van der Waals surface area contributed by atoms with Gasteiger partial charge in [0.25, 0.3) is 5.88 Å². The van der Waals surface area contributed by atoms with Crippen LogP contribution in [0.5, 0.6) is 11.6 Å². The normalized spacial score (nSPS) is 9.50. The molecule has 0 saturated heterocycles. The molecule has 1 aromatic heterocycles. The van der Waals surface area contributed by atoms with E-state index in [1.54, 1.807) is 0 Å². The molecule has 5 heteroatoms. The number of aromatic amines is 1. The van der Waals surface area contributed by atoms with Gasteiger partial charge in [-0.15, -0.1) is 5.10 Å². The SMILES string of the molecule is CCOc1n[nH]cc1OC(C)=O. The average Bonchev–Trinajstić information content (AvgIpc) is 2.37. The smallest absolute Gasteiger partial charge is 0.308 e. The molecule has 12 heavy (non-hydrogen) atoms. The summed E-state index contributed by atoms with van der Waals surface area (Å²) in [5.74, 6) is 0.245. The Balaban J connectivity index is 2.69. The molecule has 66 valence electrons. The monoisotopic (exact) mass is 170 g/mol. The van der Waals surface area contributed by atoms with Gasteiger partial charge in [0.1, 0.15) is 0 Å². The minimum atomic E-state index is -0.391. The lowest BCUT2D eigenvalue weighted by molar-refractivity contribution is -0.132. The van der Waals surface area contributed by atoms with Crippen molar-refractivity contribution in [1.29, 1.82) is 0 Å². The zero-order valence-corrected chi connectivity index (χ0v) is 6.96. The molecule has 0 saturated carbocycles. The maximum Gasteiger partial charge on any atom is 0.308 e. The van der Waals surface area contributed by atoms with E-state index in [1.165, 1.54) is 13.1 Å². The number of carbonyl (C=O) groups is 1. The van der Waals surface area contributed by atoms with Crippen molar-refractivity contribution < 1.29 is 14.3 Å². The predicted octanol–water partition coefficient (Wildman–Crippen LogP) is 0.734. The molecular formula is C7H10N2O3. The van der Waals surface area contributed by atoms with Gasteiger partial charge >= 0.3 is 5.97 Å². The molecule has 0 aromatic carbocycles. The number of hydrogen-bond acceptors (Lipinski definition) is 4. The topological polar surface area (TPSA) is 64.2 Å². The molecule has 0 bridgehead atoms. The summed E-state index contributed by atoms with van der Waals surface area (Å²) < 4.78 is 9.84. The summed E-state index contributed by atoms with van der Waals surface area (Å²) in [4.78, 5) is 10.5. The van der Waals surface area contributed by atoms with Gasteiger partial charge in [-0.3, -0.25) is 9.89 Å². The molecule has 0 aliphatic rings. The summed E-state index contributed by atoms with van der Waals surface area (Å²) in [6.45, 7) is 3.63. The van der Waals surface area contributed by atoms with Crippen LogP contribution in [-0.4, -0.2) is 22.8 Å². The molecule has 1 N–H and O–H groups in total. The van der Waals surface area contributed by atoms with Crippen molar-refractivity contribution in [3.63, 3.8) is 0 Å². The second kappa shape index (κ2) is 3.75. The third kappa shape index (κ3) is 1.98. The van der Waals surface area contributed by atoms with E-state index >= 15 is 0 Å². The number of H-pyrrole nitrogens is 1. The molecule has 0 spiro atoms. The molecule has 0 aliphatic heterocycles. The third-order valence-corrected chi connectivity index (χ3v) is 1.11. The highest BCUT2D eigenvalue weighted by molar-refractivity contribution is 5.69. The number of hydrogen-bond donors (Lipinski definition) is 1. The van der Waals surface area contributed by atoms with E-state index in [0.717, 1.165) is 0 Å². The predicted molar refractivity (Wildman–Crippen MR) is 41.1 cm³/mol. The van der Waals surface area contributed by atoms with Gasteiger partial charge in [0.2, 0.25) is 5.75 Å². The van der Waals surface area contributed by atoms with E-state index in [9.17, 15) is 4.79 Å². The van der Waals surface area contributed by atoms with Crippen LogP contribution in [0.1, 0.15) is 13.8 Å². The zero-order valence-electron chi connectivity index (χ0n) is 6.96. The second-order valence-corrected chi connectivity index (χ2v) is 2.08.